The lowest BCUT2D eigenvalue weighted by Crippen LogP contribution is -2.23. The number of para-hydroxylation sites is 1. The summed E-state index contributed by atoms with van der Waals surface area (Å²) in [5, 5.41) is 4.53. The quantitative estimate of drug-likeness (QED) is 0.185. The number of hydrogen-bond acceptors (Lipinski definition) is 8. The Kier molecular flexibility index (Phi) is 7.24. The number of hydrogen-bond donors (Lipinski definition) is 1. The first-order valence-corrected chi connectivity index (χ1v) is 14.6. The second-order valence-corrected chi connectivity index (χ2v) is 12.5. The predicted octanol–water partition coefficient (Wildman–Crippen LogP) is 5.77. The van der Waals surface area contributed by atoms with Crippen LogP contribution in [0, 0.1) is 19.8 Å². The molecule has 0 bridgehead atoms. The summed E-state index contributed by atoms with van der Waals surface area (Å²) in [5.74, 6) is -0.123. The van der Waals surface area contributed by atoms with Crippen LogP contribution < -0.4 is 10.9 Å². The maximum absolute atomic E-state index is 13.6. The van der Waals surface area contributed by atoms with Gasteiger partial charge in [0.15, 0.2) is 5.16 Å². The molecule has 7 nitrogen and oxygen atoms in total. The predicted molar refractivity (Wildman–Crippen MR) is 151 cm³/mol. The number of rotatable bonds is 6. The SMILES string of the molecule is COC(=O)c1c(NC(=O)CSc2nc3sc(C)c(C)c3c(=O)n2-c2ccccc2)sc2c1CCC(C)C2. The van der Waals surface area contributed by atoms with E-state index in [0.29, 0.717) is 37.5 Å². The lowest BCUT2D eigenvalue weighted by atomic mass is 9.88. The van der Waals surface area contributed by atoms with Gasteiger partial charge in [0.2, 0.25) is 5.91 Å². The minimum absolute atomic E-state index is 0.0354. The molecule has 5 rings (SSSR count). The Labute approximate surface area is 226 Å². The number of fused-ring (bicyclic) bond motifs is 2. The van der Waals surface area contributed by atoms with Gasteiger partial charge < -0.3 is 10.1 Å². The lowest BCUT2D eigenvalue weighted by molar-refractivity contribution is -0.113. The number of aryl methyl sites for hydroxylation is 2. The van der Waals surface area contributed by atoms with E-state index in [2.05, 4.69) is 12.2 Å². The fraction of sp³-hybridized carbons (Fsp3) is 0.333. The minimum Gasteiger partial charge on any atom is -0.465 e. The van der Waals surface area contributed by atoms with Gasteiger partial charge in [-0.25, -0.2) is 9.78 Å². The van der Waals surface area contributed by atoms with E-state index in [4.69, 9.17) is 9.72 Å². The van der Waals surface area contributed by atoms with Gasteiger partial charge in [-0.05, 0) is 62.3 Å². The van der Waals surface area contributed by atoms with Crippen molar-refractivity contribution in [3.63, 3.8) is 0 Å². The number of carbonyl (C=O) groups is 2. The number of benzene rings is 1. The maximum atomic E-state index is 13.6. The molecule has 3 aromatic heterocycles. The van der Waals surface area contributed by atoms with Crippen LogP contribution in [0.2, 0.25) is 0 Å². The van der Waals surface area contributed by atoms with Crippen molar-refractivity contribution in [1.82, 2.24) is 9.55 Å². The van der Waals surface area contributed by atoms with Crippen molar-refractivity contribution >= 4 is 61.5 Å². The number of nitrogens with one attached hydrogen (secondary N) is 1. The van der Waals surface area contributed by atoms with Crippen molar-refractivity contribution in [1.29, 1.82) is 0 Å². The van der Waals surface area contributed by atoms with Crippen LogP contribution in [0.3, 0.4) is 0 Å². The fourth-order valence-corrected chi connectivity index (χ4v) is 7.92. The third-order valence-corrected chi connectivity index (χ3v) is 9.88. The molecule has 0 saturated heterocycles. The first-order chi connectivity index (χ1) is 17.8. The standard InChI is InChI=1S/C27H27N3O4S3/c1-14-10-11-18-19(12-14)37-24(22(18)26(33)34-4)28-20(31)13-35-27-29-23-21(15(2)16(3)36-23)25(32)30(27)17-8-6-5-7-9-17/h5-9,14H,10-13H2,1-4H3,(H,28,31). The highest BCUT2D eigenvalue weighted by Gasteiger charge is 2.29. The van der Waals surface area contributed by atoms with Crippen LogP contribution in [-0.4, -0.2) is 34.3 Å². The van der Waals surface area contributed by atoms with E-state index in [1.54, 1.807) is 4.57 Å². The van der Waals surface area contributed by atoms with Gasteiger partial charge in [-0.15, -0.1) is 22.7 Å². The summed E-state index contributed by atoms with van der Waals surface area (Å²) in [6, 6.07) is 9.33. The van der Waals surface area contributed by atoms with Gasteiger partial charge in [0.1, 0.15) is 9.83 Å². The van der Waals surface area contributed by atoms with E-state index in [1.807, 2.05) is 44.2 Å². The molecule has 1 amide bonds. The second-order valence-electron chi connectivity index (χ2n) is 9.22. The maximum Gasteiger partial charge on any atom is 0.341 e. The van der Waals surface area contributed by atoms with Crippen molar-refractivity contribution in [3.8, 4) is 5.69 Å². The normalized spacial score (nSPS) is 15.0. The number of esters is 1. The van der Waals surface area contributed by atoms with E-state index >= 15 is 0 Å². The van der Waals surface area contributed by atoms with E-state index in [9.17, 15) is 14.4 Å². The number of nitrogens with zero attached hydrogens (tertiary/aromatic N) is 2. The molecule has 192 valence electrons. The fourth-order valence-electron chi connectivity index (χ4n) is 4.63. The molecule has 4 aromatic rings. The molecule has 1 N–H and O–H groups in total. The molecule has 1 aliphatic rings. The molecule has 10 heteroatoms. The molecule has 3 heterocycles. The number of thioether (sulfide) groups is 1. The molecule has 0 fully saturated rings. The Morgan fingerprint density at radius 1 is 1.22 bits per heavy atom. The Balaban J connectivity index is 1.45. The molecular weight excluding hydrogens is 527 g/mol. The summed E-state index contributed by atoms with van der Waals surface area (Å²) >= 11 is 4.14. The highest BCUT2D eigenvalue weighted by Crippen LogP contribution is 2.40. The Morgan fingerprint density at radius 3 is 2.70 bits per heavy atom. The van der Waals surface area contributed by atoms with Crippen LogP contribution in [0.25, 0.3) is 15.9 Å². The monoisotopic (exact) mass is 553 g/mol. The Hall–Kier alpha value is -2.95. The van der Waals surface area contributed by atoms with E-state index in [0.717, 1.165) is 40.1 Å². The summed E-state index contributed by atoms with van der Waals surface area (Å²) in [5.41, 5.74) is 2.95. The second kappa shape index (κ2) is 10.4. The molecule has 1 unspecified atom stereocenters. The third-order valence-electron chi connectivity index (χ3n) is 6.67. The van der Waals surface area contributed by atoms with Crippen LogP contribution in [0.5, 0.6) is 0 Å². The molecule has 0 saturated carbocycles. The van der Waals surface area contributed by atoms with Gasteiger partial charge >= 0.3 is 5.97 Å². The summed E-state index contributed by atoms with van der Waals surface area (Å²) < 4.78 is 6.61. The van der Waals surface area contributed by atoms with Crippen LogP contribution in [0.1, 0.15) is 44.6 Å². The minimum atomic E-state index is -0.427. The highest BCUT2D eigenvalue weighted by atomic mass is 32.2. The zero-order valence-corrected chi connectivity index (χ0v) is 23.5. The lowest BCUT2D eigenvalue weighted by Gasteiger charge is -2.18. The van der Waals surface area contributed by atoms with Crippen molar-refractivity contribution < 1.29 is 14.3 Å². The summed E-state index contributed by atoms with van der Waals surface area (Å²) in [6.07, 6.45) is 2.69. The zero-order chi connectivity index (χ0) is 26.3. The zero-order valence-electron chi connectivity index (χ0n) is 21.0. The van der Waals surface area contributed by atoms with Crippen LogP contribution in [0.4, 0.5) is 5.00 Å². The number of anilines is 1. The first-order valence-electron chi connectivity index (χ1n) is 12.0. The molecule has 1 aromatic carbocycles. The number of amides is 1. The molecule has 37 heavy (non-hydrogen) atoms. The summed E-state index contributed by atoms with van der Waals surface area (Å²) in [4.78, 5) is 46.9. The van der Waals surface area contributed by atoms with Gasteiger partial charge in [0, 0.05) is 9.75 Å². The van der Waals surface area contributed by atoms with Crippen LogP contribution in [-0.2, 0) is 22.4 Å². The Bertz CT molecular complexity index is 1570. The number of carbonyl (C=O) groups excluding carboxylic acids is 2. The third kappa shape index (κ3) is 4.85. The van der Waals surface area contributed by atoms with Crippen molar-refractivity contribution in [2.75, 3.05) is 18.2 Å². The van der Waals surface area contributed by atoms with Crippen molar-refractivity contribution in [3.05, 3.63) is 67.1 Å². The van der Waals surface area contributed by atoms with Gasteiger partial charge in [-0.2, -0.15) is 0 Å². The van der Waals surface area contributed by atoms with Gasteiger partial charge in [-0.3, -0.25) is 14.2 Å². The number of aromatic nitrogens is 2. The topological polar surface area (TPSA) is 90.3 Å². The van der Waals surface area contributed by atoms with Crippen molar-refractivity contribution in [2.45, 2.75) is 45.2 Å². The van der Waals surface area contributed by atoms with Crippen LogP contribution in [0.15, 0.2) is 40.3 Å². The average molecular weight is 554 g/mol. The van der Waals surface area contributed by atoms with Crippen molar-refractivity contribution in [2.24, 2.45) is 5.92 Å². The van der Waals surface area contributed by atoms with E-state index in [1.165, 1.54) is 41.5 Å². The molecule has 0 spiro atoms. The average Bonchev–Trinajstić information content (AvgIpc) is 3.38. The van der Waals surface area contributed by atoms with E-state index < -0.39 is 5.97 Å². The van der Waals surface area contributed by atoms with Gasteiger partial charge in [0.05, 0.1) is 29.5 Å². The smallest absolute Gasteiger partial charge is 0.341 e. The first kappa shape index (κ1) is 25.7. The number of thiophene rings is 2. The molecule has 1 atom stereocenters. The van der Waals surface area contributed by atoms with E-state index in [-0.39, 0.29) is 17.2 Å². The van der Waals surface area contributed by atoms with Crippen LogP contribution >= 0.6 is 34.4 Å². The Morgan fingerprint density at radius 2 is 1.97 bits per heavy atom. The van der Waals surface area contributed by atoms with Gasteiger partial charge in [-0.1, -0.05) is 36.9 Å². The number of ether oxygens (including phenoxy) is 1. The highest BCUT2D eigenvalue weighted by molar-refractivity contribution is 7.99. The summed E-state index contributed by atoms with van der Waals surface area (Å²) in [7, 11) is 1.36. The largest absolute Gasteiger partial charge is 0.465 e. The van der Waals surface area contributed by atoms with Gasteiger partial charge in [0.25, 0.3) is 5.56 Å². The summed E-state index contributed by atoms with van der Waals surface area (Å²) in [6.45, 7) is 6.11. The number of methoxy groups -OCH3 is 1. The molecule has 1 aliphatic carbocycles. The molecule has 0 radical (unpaired) electrons. The molecular formula is C27H27N3O4S3. The molecule has 0 aliphatic heterocycles.